The van der Waals surface area contributed by atoms with Crippen molar-refractivity contribution in [2.75, 3.05) is 20.7 Å². The van der Waals surface area contributed by atoms with E-state index in [-0.39, 0.29) is 6.61 Å². The number of benzene rings is 2. The van der Waals surface area contributed by atoms with Crippen molar-refractivity contribution < 1.29 is 5.11 Å². The third-order valence-corrected chi connectivity index (χ3v) is 4.78. The van der Waals surface area contributed by atoms with E-state index in [1.54, 1.807) is 11.8 Å². The topological polar surface area (TPSA) is 23.5 Å². The van der Waals surface area contributed by atoms with Gasteiger partial charge >= 0.3 is 0 Å². The lowest BCUT2D eigenvalue weighted by molar-refractivity contribution is 0.288. The summed E-state index contributed by atoms with van der Waals surface area (Å²) in [6, 6.07) is 14.5. The number of halogens is 1. The summed E-state index contributed by atoms with van der Waals surface area (Å²) < 4.78 is 0. The van der Waals surface area contributed by atoms with E-state index in [0.717, 1.165) is 24.4 Å². The highest BCUT2D eigenvalue weighted by molar-refractivity contribution is 7.99. The molecule has 0 fully saturated rings. The van der Waals surface area contributed by atoms with E-state index in [1.807, 2.05) is 12.1 Å². The van der Waals surface area contributed by atoms with E-state index in [0.29, 0.717) is 0 Å². The zero-order valence-electron chi connectivity index (χ0n) is 13.1. The molecule has 0 unspecified atom stereocenters. The Bertz CT molecular complexity index is 616. The Hall–Kier alpha value is -1.00. The molecule has 0 saturated heterocycles. The monoisotopic (exact) mass is 335 g/mol. The van der Waals surface area contributed by atoms with Crippen molar-refractivity contribution in [2.45, 2.75) is 29.2 Å². The molecule has 0 aliphatic rings. The molecule has 2 nitrogen and oxygen atoms in total. The second-order valence-corrected chi connectivity index (χ2v) is 7.05. The lowest BCUT2D eigenvalue weighted by Gasteiger charge is -2.15. The Morgan fingerprint density at radius 2 is 1.77 bits per heavy atom. The van der Waals surface area contributed by atoms with Crippen LogP contribution in [0.5, 0.6) is 0 Å². The van der Waals surface area contributed by atoms with Gasteiger partial charge in [-0.25, -0.2) is 0 Å². The highest BCUT2D eigenvalue weighted by atomic mass is 35.5. The van der Waals surface area contributed by atoms with Crippen molar-refractivity contribution in [3.05, 3.63) is 58.6 Å². The van der Waals surface area contributed by atoms with Crippen LogP contribution < -0.4 is 0 Å². The quantitative estimate of drug-likeness (QED) is 0.807. The van der Waals surface area contributed by atoms with E-state index < -0.39 is 0 Å². The molecule has 0 heterocycles. The molecule has 0 aromatic heterocycles. The largest absolute Gasteiger partial charge is 0.396 e. The summed E-state index contributed by atoms with van der Waals surface area (Å²) >= 11 is 7.90. The average molecular weight is 336 g/mol. The summed E-state index contributed by atoms with van der Waals surface area (Å²) in [5.41, 5.74) is 2.52. The zero-order chi connectivity index (χ0) is 15.9. The Labute approximate surface area is 142 Å². The molecule has 1 N–H and O–H groups in total. The first kappa shape index (κ1) is 17.4. The molecule has 0 radical (unpaired) electrons. The number of hydrogen-bond acceptors (Lipinski definition) is 3. The minimum Gasteiger partial charge on any atom is -0.396 e. The minimum atomic E-state index is 0.202. The summed E-state index contributed by atoms with van der Waals surface area (Å²) in [6.45, 7) is 1.12. The first-order chi connectivity index (χ1) is 10.6. The molecule has 0 saturated carbocycles. The van der Waals surface area contributed by atoms with Gasteiger partial charge in [-0.05, 0) is 62.3 Å². The van der Waals surface area contributed by atoms with Gasteiger partial charge in [-0.2, -0.15) is 0 Å². The smallest absolute Gasteiger partial charge is 0.0434 e. The molecule has 118 valence electrons. The summed E-state index contributed by atoms with van der Waals surface area (Å²) in [6.07, 6.45) is 1.60. The SMILES string of the molecule is CN(C)Cc1ccccc1Sc1ccc(Cl)cc1CCCO. The van der Waals surface area contributed by atoms with Crippen LogP contribution in [-0.4, -0.2) is 30.7 Å². The molecule has 2 rings (SSSR count). The van der Waals surface area contributed by atoms with E-state index in [9.17, 15) is 0 Å². The Morgan fingerprint density at radius 3 is 2.50 bits per heavy atom. The van der Waals surface area contributed by atoms with Crippen LogP contribution in [0, 0.1) is 0 Å². The van der Waals surface area contributed by atoms with Gasteiger partial charge in [0, 0.05) is 28.0 Å². The van der Waals surface area contributed by atoms with Crippen molar-refractivity contribution in [2.24, 2.45) is 0 Å². The van der Waals surface area contributed by atoms with Crippen molar-refractivity contribution in [1.82, 2.24) is 4.90 Å². The predicted octanol–water partition coefficient (Wildman–Crippen LogP) is 4.48. The van der Waals surface area contributed by atoms with Crippen molar-refractivity contribution >= 4 is 23.4 Å². The normalized spacial score (nSPS) is 11.1. The highest BCUT2D eigenvalue weighted by Crippen LogP contribution is 2.34. The number of aliphatic hydroxyl groups excluding tert-OH is 1. The first-order valence-electron chi connectivity index (χ1n) is 7.40. The van der Waals surface area contributed by atoms with Crippen LogP contribution in [0.3, 0.4) is 0 Å². The van der Waals surface area contributed by atoms with Crippen LogP contribution >= 0.6 is 23.4 Å². The Morgan fingerprint density at radius 1 is 1.05 bits per heavy atom. The highest BCUT2D eigenvalue weighted by Gasteiger charge is 2.09. The Balaban J connectivity index is 2.27. The van der Waals surface area contributed by atoms with E-state index in [2.05, 4.69) is 49.3 Å². The van der Waals surface area contributed by atoms with Gasteiger partial charge in [-0.1, -0.05) is 41.6 Å². The summed E-state index contributed by atoms with van der Waals surface area (Å²) in [5, 5.41) is 9.82. The van der Waals surface area contributed by atoms with E-state index >= 15 is 0 Å². The number of hydrogen-bond donors (Lipinski definition) is 1. The fraction of sp³-hybridized carbons (Fsp3) is 0.333. The van der Waals surface area contributed by atoms with Gasteiger partial charge in [0.15, 0.2) is 0 Å². The van der Waals surface area contributed by atoms with Crippen LogP contribution in [-0.2, 0) is 13.0 Å². The maximum absolute atomic E-state index is 9.08. The van der Waals surface area contributed by atoms with E-state index in [1.165, 1.54) is 20.9 Å². The van der Waals surface area contributed by atoms with Gasteiger partial charge in [0.25, 0.3) is 0 Å². The number of nitrogens with zero attached hydrogens (tertiary/aromatic N) is 1. The molecule has 0 spiro atoms. The van der Waals surface area contributed by atoms with Gasteiger partial charge < -0.3 is 10.0 Å². The van der Waals surface area contributed by atoms with Crippen LogP contribution in [0.25, 0.3) is 0 Å². The number of aryl methyl sites for hydroxylation is 1. The van der Waals surface area contributed by atoms with Gasteiger partial charge in [0.1, 0.15) is 0 Å². The lowest BCUT2D eigenvalue weighted by Crippen LogP contribution is -2.11. The molecule has 0 bridgehead atoms. The first-order valence-corrected chi connectivity index (χ1v) is 8.59. The third kappa shape index (κ3) is 5.03. The molecule has 2 aromatic carbocycles. The molecular formula is C18H22ClNOS. The summed E-state index contributed by atoms with van der Waals surface area (Å²) in [7, 11) is 4.16. The number of aliphatic hydroxyl groups is 1. The molecule has 0 aliphatic carbocycles. The lowest BCUT2D eigenvalue weighted by atomic mass is 10.1. The van der Waals surface area contributed by atoms with Crippen molar-refractivity contribution in [3.8, 4) is 0 Å². The molecule has 4 heteroatoms. The molecule has 2 aromatic rings. The van der Waals surface area contributed by atoms with Crippen LogP contribution in [0.1, 0.15) is 17.5 Å². The molecular weight excluding hydrogens is 314 g/mol. The second kappa shape index (κ2) is 8.59. The maximum Gasteiger partial charge on any atom is 0.0434 e. The molecule has 22 heavy (non-hydrogen) atoms. The van der Waals surface area contributed by atoms with Crippen LogP contribution in [0.15, 0.2) is 52.3 Å². The zero-order valence-corrected chi connectivity index (χ0v) is 14.6. The summed E-state index contributed by atoms with van der Waals surface area (Å²) in [4.78, 5) is 4.65. The standard InChI is InChI=1S/C18H22ClNOS/c1-20(2)13-15-6-3-4-8-17(15)22-18-10-9-16(19)12-14(18)7-5-11-21/h3-4,6,8-10,12,21H,5,7,11,13H2,1-2H3. The minimum absolute atomic E-state index is 0.202. The van der Waals surface area contributed by atoms with Crippen molar-refractivity contribution in [1.29, 1.82) is 0 Å². The van der Waals surface area contributed by atoms with Crippen molar-refractivity contribution in [3.63, 3.8) is 0 Å². The summed E-state index contributed by atoms with van der Waals surface area (Å²) in [5.74, 6) is 0. The fourth-order valence-corrected chi connectivity index (χ4v) is 3.58. The van der Waals surface area contributed by atoms with E-state index in [4.69, 9.17) is 16.7 Å². The van der Waals surface area contributed by atoms with Gasteiger partial charge in [-0.15, -0.1) is 0 Å². The second-order valence-electron chi connectivity index (χ2n) is 5.53. The predicted molar refractivity (Wildman–Crippen MR) is 94.8 cm³/mol. The molecule has 0 aliphatic heterocycles. The fourth-order valence-electron chi connectivity index (χ4n) is 2.31. The molecule has 0 atom stereocenters. The molecule has 0 amide bonds. The van der Waals surface area contributed by atoms with Gasteiger partial charge in [0.2, 0.25) is 0 Å². The number of rotatable bonds is 7. The van der Waals surface area contributed by atoms with Gasteiger partial charge in [-0.3, -0.25) is 0 Å². The van der Waals surface area contributed by atoms with Crippen LogP contribution in [0.2, 0.25) is 5.02 Å². The average Bonchev–Trinajstić information content (AvgIpc) is 2.48. The van der Waals surface area contributed by atoms with Crippen LogP contribution in [0.4, 0.5) is 0 Å². The van der Waals surface area contributed by atoms with Gasteiger partial charge in [0.05, 0.1) is 0 Å². The third-order valence-electron chi connectivity index (χ3n) is 3.31. The maximum atomic E-state index is 9.08. The Kier molecular flexibility index (Phi) is 6.77.